The zero-order valence-corrected chi connectivity index (χ0v) is 21.4. The molecule has 0 saturated carbocycles. The summed E-state index contributed by atoms with van der Waals surface area (Å²) >= 11 is 0. The molecule has 0 aliphatic carbocycles. The van der Waals surface area contributed by atoms with Gasteiger partial charge in [-0.1, -0.05) is 36.4 Å². The van der Waals surface area contributed by atoms with Gasteiger partial charge in [0.1, 0.15) is 5.75 Å². The van der Waals surface area contributed by atoms with Gasteiger partial charge >= 0.3 is 7.82 Å². The minimum absolute atomic E-state index is 0.0191. The number of hydrogen-bond donors (Lipinski definition) is 6. The molecule has 1 unspecified atom stereocenters. The molecule has 2 rings (SSSR count). The Hall–Kier alpha value is -2.23. The Kier molecular flexibility index (Phi) is 13.8. The van der Waals surface area contributed by atoms with Gasteiger partial charge in [-0.3, -0.25) is 9.79 Å². The van der Waals surface area contributed by atoms with E-state index in [1.54, 1.807) is 12.1 Å². The van der Waals surface area contributed by atoms with E-state index in [1.807, 2.05) is 18.2 Å². The zero-order chi connectivity index (χ0) is 26.2. The lowest BCUT2D eigenvalue weighted by Crippen LogP contribution is -2.22. The van der Waals surface area contributed by atoms with Crippen LogP contribution < -0.4 is 5.32 Å². The summed E-state index contributed by atoms with van der Waals surface area (Å²) in [5, 5.41) is 32.3. The molecule has 36 heavy (non-hydrogen) atoms. The van der Waals surface area contributed by atoms with Crippen LogP contribution in [-0.4, -0.2) is 51.4 Å². The van der Waals surface area contributed by atoms with E-state index in [0.717, 1.165) is 31.1 Å². The number of rotatable bonds is 18. The third kappa shape index (κ3) is 12.6. The van der Waals surface area contributed by atoms with Crippen LogP contribution in [0.15, 0.2) is 60.4 Å². The summed E-state index contributed by atoms with van der Waals surface area (Å²) in [6.07, 6.45) is 4.99. The quantitative estimate of drug-likeness (QED) is 0.0977. The van der Waals surface area contributed by atoms with Crippen LogP contribution in [-0.2, 0) is 26.9 Å². The molecule has 2 aromatic carbocycles. The Morgan fingerprint density at radius 3 is 2.53 bits per heavy atom. The van der Waals surface area contributed by atoms with Gasteiger partial charge in [-0.05, 0) is 73.9 Å². The van der Waals surface area contributed by atoms with Gasteiger partial charge in [0.15, 0.2) is 0 Å². The van der Waals surface area contributed by atoms with E-state index in [2.05, 4.69) is 22.0 Å². The molecule has 0 saturated heterocycles. The molecule has 9 nitrogen and oxygen atoms in total. The van der Waals surface area contributed by atoms with E-state index in [9.17, 15) is 19.9 Å². The first-order valence-corrected chi connectivity index (χ1v) is 13.7. The predicted molar refractivity (Wildman–Crippen MR) is 137 cm³/mol. The number of benzene rings is 2. The third-order valence-corrected chi connectivity index (χ3v) is 6.00. The van der Waals surface area contributed by atoms with E-state index >= 15 is 0 Å². The standard InChI is InChI=1S/C26H38NO8P/c28-19-24-17-23(11-12-25(24)29)26(30)18-27-14-6-10-22(20-35-36(31,32)33)13-16-34-15-5-4-9-21-7-2-1-3-8-21/h1-3,7-8,11-12,17,20,26-30H,4-6,9-10,13-16,18-19H2,(H2,31,32,33)/b22-20-. The number of phosphoric ester groups is 1. The summed E-state index contributed by atoms with van der Waals surface area (Å²) in [6, 6.07) is 14.9. The van der Waals surface area contributed by atoms with Gasteiger partial charge in [0, 0.05) is 18.7 Å². The second-order valence-corrected chi connectivity index (χ2v) is 9.74. The fraction of sp³-hybridized carbons (Fsp3) is 0.462. The average Bonchev–Trinajstić information content (AvgIpc) is 2.86. The molecule has 0 heterocycles. The smallest absolute Gasteiger partial charge is 0.508 e. The van der Waals surface area contributed by atoms with Crippen LogP contribution in [0, 0.1) is 0 Å². The summed E-state index contributed by atoms with van der Waals surface area (Å²) in [7, 11) is -4.61. The van der Waals surface area contributed by atoms with Gasteiger partial charge < -0.3 is 29.9 Å². The van der Waals surface area contributed by atoms with Crippen molar-refractivity contribution in [3.05, 3.63) is 77.1 Å². The molecule has 0 aliphatic heterocycles. The van der Waals surface area contributed by atoms with Crippen LogP contribution in [0.3, 0.4) is 0 Å². The molecule has 0 aliphatic rings. The number of aliphatic hydroxyl groups excluding tert-OH is 2. The molecule has 0 spiro atoms. The normalized spacial score (nSPS) is 13.1. The molecule has 0 fully saturated rings. The van der Waals surface area contributed by atoms with Gasteiger partial charge in [-0.2, -0.15) is 0 Å². The van der Waals surface area contributed by atoms with E-state index in [-0.39, 0.29) is 18.9 Å². The molecule has 1 atom stereocenters. The van der Waals surface area contributed by atoms with Crippen LogP contribution in [0.5, 0.6) is 5.75 Å². The average molecular weight is 524 g/mol. The number of unbranched alkanes of at least 4 members (excludes halogenated alkanes) is 1. The zero-order valence-electron chi connectivity index (χ0n) is 20.5. The Morgan fingerprint density at radius 1 is 1.03 bits per heavy atom. The van der Waals surface area contributed by atoms with Gasteiger partial charge in [-0.15, -0.1) is 0 Å². The van der Waals surface area contributed by atoms with Crippen molar-refractivity contribution >= 4 is 7.82 Å². The minimum atomic E-state index is -4.61. The van der Waals surface area contributed by atoms with E-state index in [4.69, 9.17) is 14.5 Å². The number of aryl methyl sites for hydroxylation is 1. The molecular weight excluding hydrogens is 485 g/mol. The van der Waals surface area contributed by atoms with Crippen molar-refractivity contribution in [3.8, 4) is 5.75 Å². The molecule has 0 amide bonds. The van der Waals surface area contributed by atoms with Crippen LogP contribution in [0.1, 0.15) is 54.9 Å². The Bertz CT molecular complexity index is 964. The lowest BCUT2D eigenvalue weighted by atomic mass is 10.1. The van der Waals surface area contributed by atoms with Crippen molar-refractivity contribution in [1.29, 1.82) is 0 Å². The number of nitrogens with one attached hydrogen (secondary N) is 1. The van der Waals surface area contributed by atoms with Crippen molar-refractivity contribution in [2.75, 3.05) is 26.3 Å². The Labute approximate surface area is 212 Å². The lowest BCUT2D eigenvalue weighted by Gasteiger charge is -2.14. The van der Waals surface area contributed by atoms with Crippen LogP contribution in [0.4, 0.5) is 0 Å². The molecule has 0 bridgehead atoms. The number of phenols is 1. The highest BCUT2D eigenvalue weighted by molar-refractivity contribution is 7.46. The highest BCUT2D eigenvalue weighted by atomic mass is 31.2. The van der Waals surface area contributed by atoms with Crippen molar-refractivity contribution in [2.45, 2.75) is 51.2 Å². The van der Waals surface area contributed by atoms with Crippen molar-refractivity contribution in [2.24, 2.45) is 0 Å². The maximum Gasteiger partial charge on any atom is 0.524 e. The largest absolute Gasteiger partial charge is 0.524 e. The summed E-state index contributed by atoms with van der Waals surface area (Å²) in [6.45, 7) is 1.58. The van der Waals surface area contributed by atoms with Crippen molar-refractivity contribution < 1.29 is 38.9 Å². The highest BCUT2D eigenvalue weighted by Crippen LogP contribution is 2.37. The van der Waals surface area contributed by atoms with Gasteiger partial charge in [0.05, 0.1) is 25.6 Å². The monoisotopic (exact) mass is 523 g/mol. The topological polar surface area (TPSA) is 149 Å². The van der Waals surface area contributed by atoms with Crippen molar-refractivity contribution in [3.63, 3.8) is 0 Å². The summed E-state index contributed by atoms with van der Waals surface area (Å²) < 4.78 is 21.3. The van der Waals surface area contributed by atoms with Gasteiger partial charge in [0.25, 0.3) is 0 Å². The number of phosphoric acid groups is 1. The predicted octanol–water partition coefficient (Wildman–Crippen LogP) is 3.71. The second kappa shape index (κ2) is 16.5. The number of ether oxygens (including phenoxy) is 1. The SMILES string of the molecule is O=P(O)(O)O/C=C(/CCCNCC(O)c1ccc(O)c(CO)c1)CCOCCCCc1ccccc1. The molecule has 10 heteroatoms. The number of hydrogen-bond acceptors (Lipinski definition) is 7. The molecular formula is C26H38NO8P. The first kappa shape index (κ1) is 30.0. The van der Waals surface area contributed by atoms with E-state index in [0.29, 0.717) is 50.1 Å². The van der Waals surface area contributed by atoms with E-state index < -0.39 is 13.9 Å². The highest BCUT2D eigenvalue weighted by Gasteiger charge is 2.13. The lowest BCUT2D eigenvalue weighted by molar-refractivity contribution is 0.132. The summed E-state index contributed by atoms with van der Waals surface area (Å²) in [5.74, 6) is -0.0191. The van der Waals surface area contributed by atoms with Crippen LogP contribution in [0.2, 0.25) is 0 Å². The van der Waals surface area contributed by atoms with Crippen LogP contribution in [0.25, 0.3) is 0 Å². The van der Waals surface area contributed by atoms with Gasteiger partial charge in [-0.25, -0.2) is 4.57 Å². The fourth-order valence-corrected chi connectivity index (χ4v) is 3.89. The van der Waals surface area contributed by atoms with Gasteiger partial charge in [0.2, 0.25) is 0 Å². The molecule has 6 N–H and O–H groups in total. The number of aliphatic hydroxyl groups is 2. The molecule has 0 radical (unpaired) electrons. The molecule has 0 aromatic heterocycles. The summed E-state index contributed by atoms with van der Waals surface area (Å²) in [4.78, 5) is 18.0. The molecule has 2 aromatic rings. The Morgan fingerprint density at radius 2 is 1.81 bits per heavy atom. The minimum Gasteiger partial charge on any atom is -0.508 e. The first-order chi connectivity index (χ1) is 17.3. The fourth-order valence-electron chi connectivity index (χ4n) is 3.61. The second-order valence-electron chi connectivity index (χ2n) is 8.55. The first-order valence-electron chi connectivity index (χ1n) is 12.1. The third-order valence-electron chi connectivity index (χ3n) is 5.62. The van der Waals surface area contributed by atoms with E-state index in [1.165, 1.54) is 11.6 Å². The maximum absolute atomic E-state index is 11.1. The molecule has 200 valence electrons. The van der Waals surface area contributed by atoms with Crippen molar-refractivity contribution in [1.82, 2.24) is 5.32 Å². The number of aromatic hydroxyl groups is 1. The Balaban J connectivity index is 1.67. The summed E-state index contributed by atoms with van der Waals surface area (Å²) in [5.41, 5.74) is 2.97. The maximum atomic E-state index is 11.1. The van der Waals surface area contributed by atoms with Crippen LogP contribution >= 0.6 is 7.82 Å².